The molecule has 0 aliphatic rings. The third-order valence-electron chi connectivity index (χ3n) is 2.74. The summed E-state index contributed by atoms with van der Waals surface area (Å²) in [4.78, 5) is 0. The van der Waals surface area contributed by atoms with Crippen LogP contribution < -0.4 is 5.32 Å². The summed E-state index contributed by atoms with van der Waals surface area (Å²) in [7, 11) is 1.89. The van der Waals surface area contributed by atoms with Gasteiger partial charge in [0.05, 0.1) is 5.02 Å². The Labute approximate surface area is 110 Å². The van der Waals surface area contributed by atoms with E-state index in [0.29, 0.717) is 15.1 Å². The van der Waals surface area contributed by atoms with Crippen LogP contribution in [0.3, 0.4) is 0 Å². The number of nitrogens with one attached hydrogen (secondary N) is 1. The number of rotatable bonds is 4. The van der Waals surface area contributed by atoms with Crippen LogP contribution in [0.2, 0.25) is 5.02 Å². The van der Waals surface area contributed by atoms with Gasteiger partial charge in [0.2, 0.25) is 0 Å². The third-order valence-corrected chi connectivity index (χ3v) is 3.94. The molecule has 0 aliphatic carbocycles. The fourth-order valence-electron chi connectivity index (χ4n) is 1.61. The van der Waals surface area contributed by atoms with Crippen LogP contribution in [0.15, 0.2) is 16.6 Å². The minimum absolute atomic E-state index is 0.211. The fourth-order valence-corrected chi connectivity index (χ4v) is 2.09. The summed E-state index contributed by atoms with van der Waals surface area (Å²) in [6, 6.07) is 3.13. The molecule has 0 unspecified atom stereocenters. The van der Waals surface area contributed by atoms with E-state index in [-0.39, 0.29) is 11.2 Å². The second-order valence-corrected chi connectivity index (χ2v) is 5.75. The molecule has 4 heteroatoms. The molecule has 0 amide bonds. The first kappa shape index (κ1) is 13.9. The molecule has 1 N–H and O–H groups in total. The molecule has 0 spiro atoms. The van der Waals surface area contributed by atoms with E-state index in [1.807, 2.05) is 20.9 Å². The molecule has 1 nitrogen and oxygen atoms in total. The van der Waals surface area contributed by atoms with Gasteiger partial charge in [0, 0.05) is 4.47 Å². The Balaban J connectivity index is 3.07. The third kappa shape index (κ3) is 3.19. The molecule has 0 fully saturated rings. The molecule has 0 aromatic heterocycles. The average Bonchev–Trinajstić information content (AvgIpc) is 2.20. The summed E-state index contributed by atoms with van der Waals surface area (Å²) >= 11 is 9.21. The predicted molar refractivity (Wildman–Crippen MR) is 70.7 cm³/mol. The number of hydrogen-bond donors (Lipinski definition) is 1. The van der Waals surface area contributed by atoms with Gasteiger partial charge in [-0.15, -0.1) is 0 Å². The van der Waals surface area contributed by atoms with Crippen molar-refractivity contribution in [2.75, 3.05) is 13.6 Å². The van der Waals surface area contributed by atoms with Gasteiger partial charge >= 0.3 is 0 Å². The minimum atomic E-state index is -0.225. The predicted octanol–water partition coefficient (Wildman–Crippen LogP) is 4.13. The van der Waals surface area contributed by atoms with Crippen LogP contribution in [0.4, 0.5) is 4.39 Å². The fraction of sp³-hybridized carbons (Fsp3) is 0.500. The topological polar surface area (TPSA) is 12.0 Å². The molecule has 0 aliphatic heterocycles. The average molecular weight is 309 g/mol. The lowest BCUT2D eigenvalue weighted by molar-refractivity contribution is 0.442. The normalized spacial score (nSPS) is 11.9. The van der Waals surface area contributed by atoms with E-state index in [9.17, 15) is 4.39 Å². The first-order valence-corrected chi connectivity index (χ1v) is 6.35. The van der Waals surface area contributed by atoms with E-state index in [2.05, 4.69) is 21.2 Å². The first-order chi connectivity index (χ1) is 7.38. The minimum Gasteiger partial charge on any atom is -0.320 e. The number of halogens is 3. The number of benzene rings is 1. The maximum absolute atomic E-state index is 13.8. The van der Waals surface area contributed by atoms with Crippen molar-refractivity contribution >= 4 is 27.5 Å². The van der Waals surface area contributed by atoms with E-state index in [1.165, 1.54) is 6.07 Å². The van der Waals surface area contributed by atoms with Gasteiger partial charge in [0.1, 0.15) is 5.82 Å². The van der Waals surface area contributed by atoms with Gasteiger partial charge in [0.25, 0.3) is 0 Å². The van der Waals surface area contributed by atoms with Crippen molar-refractivity contribution in [2.45, 2.75) is 25.7 Å². The van der Waals surface area contributed by atoms with Crippen LogP contribution in [-0.4, -0.2) is 13.6 Å². The smallest absolute Gasteiger partial charge is 0.128 e. The number of hydrogen-bond acceptors (Lipinski definition) is 1. The van der Waals surface area contributed by atoms with E-state index in [4.69, 9.17) is 11.6 Å². The lowest BCUT2D eigenvalue weighted by Gasteiger charge is -2.26. The van der Waals surface area contributed by atoms with Gasteiger partial charge < -0.3 is 5.32 Å². The van der Waals surface area contributed by atoms with Gasteiger partial charge in [-0.2, -0.15) is 0 Å². The summed E-state index contributed by atoms with van der Waals surface area (Å²) in [5, 5.41) is 3.62. The van der Waals surface area contributed by atoms with E-state index < -0.39 is 0 Å². The lowest BCUT2D eigenvalue weighted by Crippen LogP contribution is -2.24. The van der Waals surface area contributed by atoms with Crippen molar-refractivity contribution in [3.63, 3.8) is 0 Å². The van der Waals surface area contributed by atoms with Gasteiger partial charge in [0.15, 0.2) is 0 Å². The van der Waals surface area contributed by atoms with Crippen molar-refractivity contribution in [1.29, 1.82) is 0 Å². The highest BCUT2D eigenvalue weighted by molar-refractivity contribution is 9.10. The molecule has 90 valence electrons. The Bertz CT molecular complexity index is 380. The largest absolute Gasteiger partial charge is 0.320 e. The zero-order valence-electron chi connectivity index (χ0n) is 9.70. The Morgan fingerprint density at radius 2 is 2.06 bits per heavy atom. The van der Waals surface area contributed by atoms with Crippen LogP contribution in [0.1, 0.15) is 25.8 Å². The molecule has 0 saturated carbocycles. The molecule has 1 rings (SSSR count). The summed E-state index contributed by atoms with van der Waals surface area (Å²) in [6.45, 7) is 4.89. The van der Waals surface area contributed by atoms with Crippen molar-refractivity contribution in [3.8, 4) is 0 Å². The molecule has 1 aromatic rings. The SMILES string of the molecule is CNCCC(C)(C)c1cc(Cl)c(Br)cc1F. The quantitative estimate of drug-likeness (QED) is 0.825. The van der Waals surface area contributed by atoms with E-state index >= 15 is 0 Å². The zero-order valence-corrected chi connectivity index (χ0v) is 12.0. The molecular weight excluding hydrogens is 292 g/mol. The van der Waals surface area contributed by atoms with Gasteiger partial charge in [-0.1, -0.05) is 25.4 Å². The molecule has 0 radical (unpaired) electrons. The molecule has 16 heavy (non-hydrogen) atoms. The van der Waals surface area contributed by atoms with Crippen molar-refractivity contribution < 1.29 is 4.39 Å². The van der Waals surface area contributed by atoms with Crippen molar-refractivity contribution in [3.05, 3.63) is 33.0 Å². The van der Waals surface area contributed by atoms with E-state index in [0.717, 1.165) is 13.0 Å². The Morgan fingerprint density at radius 3 is 2.62 bits per heavy atom. The highest BCUT2D eigenvalue weighted by Gasteiger charge is 2.24. The zero-order chi connectivity index (χ0) is 12.3. The van der Waals surface area contributed by atoms with Crippen molar-refractivity contribution in [2.24, 2.45) is 0 Å². The summed E-state index contributed by atoms with van der Waals surface area (Å²) in [5.41, 5.74) is 0.438. The molecule has 1 aromatic carbocycles. The van der Waals surface area contributed by atoms with Crippen LogP contribution in [0, 0.1) is 5.82 Å². The van der Waals surface area contributed by atoms with Crippen LogP contribution >= 0.6 is 27.5 Å². The van der Waals surface area contributed by atoms with Crippen LogP contribution in [0.25, 0.3) is 0 Å². The van der Waals surface area contributed by atoms with E-state index in [1.54, 1.807) is 6.07 Å². The highest BCUT2D eigenvalue weighted by Crippen LogP contribution is 2.34. The summed E-state index contributed by atoms with van der Waals surface area (Å²) in [5.74, 6) is -0.211. The Morgan fingerprint density at radius 1 is 1.44 bits per heavy atom. The first-order valence-electron chi connectivity index (χ1n) is 5.18. The highest BCUT2D eigenvalue weighted by atomic mass is 79.9. The maximum Gasteiger partial charge on any atom is 0.128 e. The summed E-state index contributed by atoms with van der Waals surface area (Å²) in [6.07, 6.45) is 0.860. The lowest BCUT2D eigenvalue weighted by atomic mass is 9.81. The van der Waals surface area contributed by atoms with Crippen molar-refractivity contribution in [1.82, 2.24) is 5.32 Å². The summed E-state index contributed by atoms with van der Waals surface area (Å²) < 4.78 is 14.4. The van der Waals surface area contributed by atoms with Gasteiger partial charge in [-0.05, 0) is 59.1 Å². The molecule has 0 atom stereocenters. The monoisotopic (exact) mass is 307 g/mol. The van der Waals surface area contributed by atoms with Gasteiger partial charge in [-0.25, -0.2) is 4.39 Å². The van der Waals surface area contributed by atoms with Crippen LogP contribution in [-0.2, 0) is 5.41 Å². The Kier molecular flexibility index (Phi) is 4.77. The maximum atomic E-state index is 13.8. The second-order valence-electron chi connectivity index (χ2n) is 4.48. The van der Waals surface area contributed by atoms with Crippen LogP contribution in [0.5, 0.6) is 0 Å². The van der Waals surface area contributed by atoms with Gasteiger partial charge in [-0.3, -0.25) is 0 Å². The standard InChI is InChI=1S/C12H16BrClFN/c1-12(2,4-5-16-3)8-6-10(14)9(13)7-11(8)15/h6-7,16H,4-5H2,1-3H3. The second kappa shape index (κ2) is 5.48. The molecular formula is C12H16BrClFN. The Hall–Kier alpha value is -0.120. The molecule has 0 bridgehead atoms. The molecule has 0 saturated heterocycles. The molecule has 0 heterocycles.